The van der Waals surface area contributed by atoms with Crippen LogP contribution in [0.15, 0.2) is 42.5 Å². The largest absolute Gasteiger partial charge is 0.343 e. The van der Waals surface area contributed by atoms with Crippen LogP contribution < -0.4 is 10.6 Å². The Labute approximate surface area is 139 Å². The highest BCUT2D eigenvalue weighted by molar-refractivity contribution is 6.31. The minimum Gasteiger partial charge on any atom is -0.343 e. The topological polar surface area (TPSA) is 58.2 Å². The lowest BCUT2D eigenvalue weighted by atomic mass is 10.1. The number of hydrogen-bond donors (Lipinski definition) is 2. The lowest BCUT2D eigenvalue weighted by Crippen LogP contribution is -2.32. The molecule has 0 bridgehead atoms. The van der Waals surface area contributed by atoms with Crippen LogP contribution in [-0.2, 0) is 17.6 Å². The van der Waals surface area contributed by atoms with E-state index in [9.17, 15) is 9.59 Å². The van der Waals surface area contributed by atoms with E-state index in [-0.39, 0.29) is 18.4 Å². The predicted octanol–water partition coefficient (Wildman–Crippen LogP) is 3.20. The highest BCUT2D eigenvalue weighted by atomic mass is 35.5. The molecule has 23 heavy (non-hydrogen) atoms. The summed E-state index contributed by atoms with van der Waals surface area (Å²) in [5, 5.41) is 5.89. The fourth-order valence-electron chi connectivity index (χ4n) is 2.75. The van der Waals surface area contributed by atoms with Crippen molar-refractivity contribution in [1.29, 1.82) is 0 Å². The Morgan fingerprint density at radius 3 is 2.70 bits per heavy atom. The molecule has 0 saturated heterocycles. The van der Waals surface area contributed by atoms with Crippen molar-refractivity contribution in [2.24, 2.45) is 0 Å². The molecule has 0 heterocycles. The number of aryl methyl sites for hydroxylation is 2. The fourth-order valence-corrected chi connectivity index (χ4v) is 2.94. The number of fused-ring (bicyclic) bond motifs is 1. The van der Waals surface area contributed by atoms with Crippen molar-refractivity contribution in [2.75, 3.05) is 11.9 Å². The highest BCUT2D eigenvalue weighted by Gasteiger charge is 2.12. The van der Waals surface area contributed by atoms with Crippen LogP contribution >= 0.6 is 11.6 Å². The van der Waals surface area contributed by atoms with Gasteiger partial charge in [-0.1, -0.05) is 23.7 Å². The summed E-state index contributed by atoms with van der Waals surface area (Å²) in [7, 11) is 0. The van der Waals surface area contributed by atoms with Gasteiger partial charge in [-0.25, -0.2) is 0 Å². The minimum atomic E-state index is -0.323. The summed E-state index contributed by atoms with van der Waals surface area (Å²) in [5.41, 5.74) is 3.86. The number of hydrogen-bond acceptors (Lipinski definition) is 2. The highest BCUT2D eigenvalue weighted by Crippen LogP contribution is 2.24. The number of nitrogens with one attached hydrogen (secondary N) is 2. The maximum Gasteiger partial charge on any atom is 0.251 e. The fraction of sp³-hybridized carbons (Fsp3) is 0.222. The van der Waals surface area contributed by atoms with Gasteiger partial charge in [0.1, 0.15) is 0 Å². The minimum absolute atomic E-state index is 0.0809. The third-order valence-corrected chi connectivity index (χ3v) is 4.11. The SMILES string of the molecule is O=C(CNC(=O)c1cccc(Cl)c1)Nc1ccc2c(c1)CCC2. The Balaban J connectivity index is 1.54. The first kappa shape index (κ1) is 15.6. The van der Waals surface area contributed by atoms with E-state index >= 15 is 0 Å². The van der Waals surface area contributed by atoms with Gasteiger partial charge in [0, 0.05) is 16.3 Å². The number of halogens is 1. The Hall–Kier alpha value is -2.33. The van der Waals surface area contributed by atoms with Crippen LogP contribution in [0, 0.1) is 0 Å². The van der Waals surface area contributed by atoms with Gasteiger partial charge in [0.15, 0.2) is 0 Å². The molecule has 1 aliphatic rings. The van der Waals surface area contributed by atoms with E-state index in [1.807, 2.05) is 12.1 Å². The van der Waals surface area contributed by atoms with Crippen molar-refractivity contribution in [3.63, 3.8) is 0 Å². The molecule has 0 aliphatic heterocycles. The molecular weight excluding hydrogens is 312 g/mol. The molecule has 118 valence electrons. The van der Waals surface area contributed by atoms with Crippen LogP contribution in [0.2, 0.25) is 5.02 Å². The number of carbonyl (C=O) groups is 2. The first-order valence-electron chi connectivity index (χ1n) is 7.57. The van der Waals surface area contributed by atoms with Gasteiger partial charge in [0.2, 0.25) is 5.91 Å². The number of carbonyl (C=O) groups excluding carboxylic acids is 2. The summed E-state index contributed by atoms with van der Waals surface area (Å²) >= 11 is 5.85. The van der Waals surface area contributed by atoms with E-state index < -0.39 is 0 Å². The standard InChI is InChI=1S/C18H17ClN2O2/c19-15-6-2-5-14(9-15)18(23)20-11-17(22)21-16-8-7-12-3-1-4-13(12)10-16/h2,5-10H,1,3-4,11H2,(H,20,23)(H,21,22). The summed E-state index contributed by atoms with van der Waals surface area (Å²) in [6.45, 7) is -0.0809. The van der Waals surface area contributed by atoms with Crippen molar-refractivity contribution in [2.45, 2.75) is 19.3 Å². The van der Waals surface area contributed by atoms with Crippen LogP contribution in [0.3, 0.4) is 0 Å². The number of anilines is 1. The summed E-state index contributed by atoms with van der Waals surface area (Å²) in [5.74, 6) is -0.574. The molecular formula is C18H17ClN2O2. The lowest BCUT2D eigenvalue weighted by molar-refractivity contribution is -0.115. The zero-order valence-electron chi connectivity index (χ0n) is 12.6. The molecule has 0 saturated carbocycles. The van der Waals surface area contributed by atoms with E-state index in [4.69, 9.17) is 11.6 Å². The molecule has 2 aromatic carbocycles. The first-order valence-corrected chi connectivity index (χ1v) is 7.95. The monoisotopic (exact) mass is 328 g/mol. The summed E-state index contributed by atoms with van der Waals surface area (Å²) in [6, 6.07) is 12.6. The molecule has 3 rings (SSSR count). The van der Waals surface area contributed by atoms with Gasteiger partial charge in [-0.3, -0.25) is 9.59 Å². The Morgan fingerprint density at radius 1 is 1.04 bits per heavy atom. The van der Waals surface area contributed by atoms with Crippen LogP contribution in [0.25, 0.3) is 0 Å². The molecule has 4 nitrogen and oxygen atoms in total. The van der Waals surface area contributed by atoms with Gasteiger partial charge >= 0.3 is 0 Å². The van der Waals surface area contributed by atoms with E-state index in [0.717, 1.165) is 18.5 Å². The second-order valence-electron chi connectivity index (χ2n) is 5.58. The van der Waals surface area contributed by atoms with Crippen molar-refractivity contribution in [1.82, 2.24) is 5.32 Å². The molecule has 2 amide bonds. The maximum absolute atomic E-state index is 12.0. The average Bonchev–Trinajstić information content (AvgIpc) is 3.00. The molecule has 0 unspecified atom stereocenters. The molecule has 5 heteroatoms. The Kier molecular flexibility index (Phi) is 4.63. The van der Waals surface area contributed by atoms with Crippen molar-refractivity contribution in [3.05, 3.63) is 64.2 Å². The third-order valence-electron chi connectivity index (χ3n) is 3.88. The Morgan fingerprint density at radius 2 is 1.87 bits per heavy atom. The van der Waals surface area contributed by atoms with E-state index in [2.05, 4.69) is 16.7 Å². The van der Waals surface area contributed by atoms with E-state index in [1.165, 1.54) is 17.5 Å². The van der Waals surface area contributed by atoms with Crippen molar-refractivity contribution >= 4 is 29.1 Å². The van der Waals surface area contributed by atoms with Crippen LogP contribution in [0.5, 0.6) is 0 Å². The summed E-state index contributed by atoms with van der Waals surface area (Å²) < 4.78 is 0. The first-order chi connectivity index (χ1) is 11.1. The quantitative estimate of drug-likeness (QED) is 0.905. The smallest absolute Gasteiger partial charge is 0.251 e. The van der Waals surface area contributed by atoms with Gasteiger partial charge in [0.05, 0.1) is 6.54 Å². The molecule has 0 radical (unpaired) electrons. The molecule has 2 aromatic rings. The summed E-state index contributed by atoms with van der Waals surface area (Å²) in [6.07, 6.45) is 3.34. The predicted molar refractivity (Wildman–Crippen MR) is 90.9 cm³/mol. The number of rotatable bonds is 4. The number of benzene rings is 2. The second-order valence-corrected chi connectivity index (χ2v) is 6.01. The molecule has 0 aromatic heterocycles. The van der Waals surface area contributed by atoms with Crippen molar-refractivity contribution in [3.8, 4) is 0 Å². The van der Waals surface area contributed by atoms with E-state index in [0.29, 0.717) is 10.6 Å². The van der Waals surface area contributed by atoms with Crippen LogP contribution in [0.4, 0.5) is 5.69 Å². The molecule has 2 N–H and O–H groups in total. The maximum atomic E-state index is 12.0. The Bertz CT molecular complexity index is 758. The second kappa shape index (κ2) is 6.84. The zero-order valence-corrected chi connectivity index (χ0v) is 13.3. The summed E-state index contributed by atoms with van der Waals surface area (Å²) in [4.78, 5) is 23.9. The van der Waals surface area contributed by atoms with Gasteiger partial charge in [-0.05, 0) is 60.7 Å². The third kappa shape index (κ3) is 3.90. The van der Waals surface area contributed by atoms with Gasteiger partial charge in [-0.15, -0.1) is 0 Å². The average molecular weight is 329 g/mol. The molecule has 0 fully saturated rings. The van der Waals surface area contributed by atoms with Gasteiger partial charge < -0.3 is 10.6 Å². The molecule has 1 aliphatic carbocycles. The number of amides is 2. The lowest BCUT2D eigenvalue weighted by Gasteiger charge is -2.09. The molecule has 0 atom stereocenters. The zero-order chi connectivity index (χ0) is 16.2. The van der Waals surface area contributed by atoms with Crippen molar-refractivity contribution < 1.29 is 9.59 Å². The normalized spacial score (nSPS) is 12.6. The van der Waals surface area contributed by atoms with Crippen LogP contribution in [-0.4, -0.2) is 18.4 Å². The molecule has 0 spiro atoms. The van der Waals surface area contributed by atoms with Crippen LogP contribution in [0.1, 0.15) is 27.9 Å². The van der Waals surface area contributed by atoms with Gasteiger partial charge in [0.25, 0.3) is 5.91 Å². The van der Waals surface area contributed by atoms with Gasteiger partial charge in [-0.2, -0.15) is 0 Å². The van der Waals surface area contributed by atoms with E-state index in [1.54, 1.807) is 24.3 Å².